The molecule has 3 atom stereocenters. The van der Waals surface area contributed by atoms with Crippen molar-refractivity contribution in [3.05, 3.63) is 53.7 Å². The lowest BCUT2D eigenvalue weighted by Crippen LogP contribution is -2.57. The maximum atomic E-state index is 14.1. The third-order valence-electron chi connectivity index (χ3n) is 6.82. The van der Waals surface area contributed by atoms with E-state index in [9.17, 15) is 9.18 Å². The van der Waals surface area contributed by atoms with Crippen molar-refractivity contribution in [2.45, 2.75) is 43.9 Å². The molecule has 4 heterocycles. The second-order valence-electron chi connectivity index (χ2n) is 8.80. The summed E-state index contributed by atoms with van der Waals surface area (Å²) in [4.78, 5) is 25.4. The Kier molecular flexibility index (Phi) is 4.86. The van der Waals surface area contributed by atoms with Gasteiger partial charge in [-0.1, -0.05) is 6.92 Å². The van der Waals surface area contributed by atoms with Gasteiger partial charge < -0.3 is 14.5 Å². The van der Waals surface area contributed by atoms with Crippen molar-refractivity contribution in [1.82, 2.24) is 14.9 Å². The average Bonchev–Trinajstić information content (AvgIpc) is 3.54. The monoisotopic (exact) mass is 421 g/mol. The van der Waals surface area contributed by atoms with Crippen LogP contribution in [-0.2, 0) is 15.1 Å². The van der Waals surface area contributed by atoms with E-state index < -0.39 is 5.60 Å². The normalized spacial score (nSPS) is 25.9. The number of aromatic nitrogens is 2. The molecule has 3 aliphatic rings. The molecule has 1 saturated carbocycles. The van der Waals surface area contributed by atoms with E-state index in [1.165, 1.54) is 6.20 Å². The molecule has 0 radical (unpaired) electrons. The Bertz CT molecular complexity index is 1030. The maximum Gasteiger partial charge on any atom is 0.248 e. The van der Waals surface area contributed by atoms with Gasteiger partial charge >= 0.3 is 0 Å². The molecule has 2 aliphatic heterocycles. The van der Waals surface area contributed by atoms with Crippen LogP contribution in [0.25, 0.3) is 0 Å². The van der Waals surface area contributed by atoms with E-state index in [2.05, 4.69) is 27.9 Å². The van der Waals surface area contributed by atoms with Crippen molar-refractivity contribution in [1.29, 1.82) is 5.26 Å². The molecule has 2 unspecified atom stereocenters. The van der Waals surface area contributed by atoms with E-state index in [0.717, 1.165) is 12.2 Å². The molecule has 0 N–H and O–H groups in total. The number of carbonyl (C=O) groups is 1. The number of halogens is 1. The van der Waals surface area contributed by atoms with Gasteiger partial charge in [0.2, 0.25) is 5.91 Å². The topological polar surface area (TPSA) is 82.4 Å². The number of hydrogen-bond acceptors (Lipinski definition) is 6. The molecule has 0 spiro atoms. The fourth-order valence-corrected chi connectivity index (χ4v) is 5.04. The first-order valence-corrected chi connectivity index (χ1v) is 10.7. The number of likely N-dealkylation sites (tertiary alicyclic amines) is 1. The minimum Gasteiger partial charge on any atom is -0.360 e. The quantitative estimate of drug-likeness (QED) is 0.738. The fraction of sp³-hybridized carbons (Fsp3) is 0.478. The standard InChI is InChI=1S/C23H24FN5O2/c1-15-8-17-12-28(13-20(15)29(17)21-3-2-16(9-25)10-27-21)22(30)14-31-23(5-6-23)18-4-7-26-11-19(18)24/h2-4,7,10-11,15,17,20H,5-6,8,12-14H2,1H3/t15-,17?,20?/m0/s1. The number of nitrogens with zero attached hydrogens (tertiary/aromatic N) is 5. The van der Waals surface area contributed by atoms with Gasteiger partial charge in [0.05, 0.1) is 23.4 Å². The molecule has 2 aromatic rings. The van der Waals surface area contributed by atoms with E-state index in [0.29, 0.717) is 43.0 Å². The van der Waals surface area contributed by atoms with Crippen molar-refractivity contribution < 1.29 is 13.9 Å². The van der Waals surface area contributed by atoms with Crippen LogP contribution in [0.4, 0.5) is 10.2 Å². The molecular formula is C23H24FN5O2. The lowest BCUT2D eigenvalue weighted by Gasteiger charge is -2.42. The highest BCUT2D eigenvalue weighted by Gasteiger charge is 2.49. The summed E-state index contributed by atoms with van der Waals surface area (Å²) in [6.45, 7) is 3.38. The summed E-state index contributed by atoms with van der Waals surface area (Å²) in [5.74, 6) is 0.841. The highest BCUT2D eigenvalue weighted by Crippen LogP contribution is 2.50. The molecule has 2 saturated heterocycles. The summed E-state index contributed by atoms with van der Waals surface area (Å²) < 4.78 is 20.1. The average molecular weight is 421 g/mol. The van der Waals surface area contributed by atoms with Crippen molar-refractivity contribution in [2.24, 2.45) is 5.92 Å². The molecule has 0 aromatic carbocycles. The van der Waals surface area contributed by atoms with E-state index in [1.54, 1.807) is 24.5 Å². The minimum absolute atomic E-state index is 0.0509. The SMILES string of the molecule is C[C@H]1CC2CN(C(=O)COC3(c4ccncc4F)CC3)CC1N2c1ccc(C#N)cn1. The van der Waals surface area contributed by atoms with E-state index >= 15 is 0 Å². The molecule has 2 bridgehead atoms. The highest BCUT2D eigenvalue weighted by molar-refractivity contribution is 5.78. The Labute approximate surface area is 180 Å². The third-order valence-corrected chi connectivity index (χ3v) is 6.82. The van der Waals surface area contributed by atoms with Crippen molar-refractivity contribution >= 4 is 11.7 Å². The lowest BCUT2D eigenvalue weighted by atomic mass is 10.0. The van der Waals surface area contributed by atoms with Crippen molar-refractivity contribution in [3.8, 4) is 6.07 Å². The van der Waals surface area contributed by atoms with Gasteiger partial charge in [0.15, 0.2) is 0 Å². The van der Waals surface area contributed by atoms with Crippen LogP contribution in [-0.4, -0.2) is 52.6 Å². The number of hydrogen-bond donors (Lipinski definition) is 0. The molecule has 8 heteroatoms. The Hall–Kier alpha value is -3.05. The Balaban J connectivity index is 1.25. The number of anilines is 1. The summed E-state index contributed by atoms with van der Waals surface area (Å²) in [5.41, 5.74) is 0.332. The summed E-state index contributed by atoms with van der Waals surface area (Å²) in [6.07, 6.45) is 6.75. The van der Waals surface area contributed by atoms with E-state index in [4.69, 9.17) is 10.00 Å². The largest absolute Gasteiger partial charge is 0.360 e. The van der Waals surface area contributed by atoms with E-state index in [1.807, 2.05) is 11.0 Å². The van der Waals surface area contributed by atoms with Crippen LogP contribution < -0.4 is 4.90 Å². The van der Waals surface area contributed by atoms with Gasteiger partial charge in [-0.25, -0.2) is 9.37 Å². The zero-order chi connectivity index (χ0) is 21.6. The zero-order valence-corrected chi connectivity index (χ0v) is 17.4. The number of amides is 1. The van der Waals surface area contributed by atoms with Crippen LogP contribution in [0, 0.1) is 23.1 Å². The molecule has 1 amide bonds. The van der Waals surface area contributed by atoms with Gasteiger partial charge in [-0.05, 0) is 43.4 Å². The number of piperazine rings is 1. The first-order chi connectivity index (χ1) is 15.0. The van der Waals surface area contributed by atoms with Gasteiger partial charge in [0, 0.05) is 37.1 Å². The molecular weight excluding hydrogens is 397 g/mol. The Morgan fingerprint density at radius 2 is 2.16 bits per heavy atom. The van der Waals surface area contributed by atoms with Crippen LogP contribution in [0.15, 0.2) is 36.8 Å². The van der Waals surface area contributed by atoms with Crippen LogP contribution in [0.1, 0.15) is 37.3 Å². The predicted octanol–water partition coefficient (Wildman–Crippen LogP) is 2.62. The third kappa shape index (κ3) is 3.53. The van der Waals surface area contributed by atoms with Crippen LogP contribution >= 0.6 is 0 Å². The fourth-order valence-electron chi connectivity index (χ4n) is 5.04. The van der Waals surface area contributed by atoms with E-state index in [-0.39, 0.29) is 30.4 Å². The molecule has 1 aliphatic carbocycles. The summed E-state index contributed by atoms with van der Waals surface area (Å²) in [5, 5.41) is 9.01. The van der Waals surface area contributed by atoms with Gasteiger partial charge in [0.25, 0.3) is 0 Å². The predicted molar refractivity (Wildman–Crippen MR) is 110 cm³/mol. The smallest absolute Gasteiger partial charge is 0.248 e. The second kappa shape index (κ2) is 7.57. The maximum absolute atomic E-state index is 14.1. The summed E-state index contributed by atoms with van der Waals surface area (Å²) in [6, 6.07) is 7.77. The van der Waals surface area contributed by atoms with Crippen molar-refractivity contribution in [2.75, 3.05) is 24.6 Å². The van der Waals surface area contributed by atoms with Gasteiger partial charge in [0.1, 0.15) is 24.3 Å². The first kappa shape index (κ1) is 19.9. The van der Waals surface area contributed by atoms with Crippen LogP contribution in [0.2, 0.25) is 0 Å². The number of nitriles is 1. The van der Waals surface area contributed by atoms with Crippen LogP contribution in [0.3, 0.4) is 0 Å². The summed E-state index contributed by atoms with van der Waals surface area (Å²) in [7, 11) is 0. The second-order valence-corrected chi connectivity index (χ2v) is 8.80. The Morgan fingerprint density at radius 3 is 2.81 bits per heavy atom. The number of ether oxygens (including phenoxy) is 1. The molecule has 2 aromatic heterocycles. The van der Waals surface area contributed by atoms with Gasteiger partial charge in [-0.3, -0.25) is 9.78 Å². The Morgan fingerprint density at radius 1 is 1.32 bits per heavy atom. The van der Waals surface area contributed by atoms with Gasteiger partial charge in [-0.2, -0.15) is 5.26 Å². The summed E-state index contributed by atoms with van der Waals surface area (Å²) >= 11 is 0. The number of pyridine rings is 2. The number of rotatable bonds is 5. The lowest BCUT2D eigenvalue weighted by molar-refractivity contribution is -0.140. The van der Waals surface area contributed by atoms with Gasteiger partial charge in [-0.15, -0.1) is 0 Å². The van der Waals surface area contributed by atoms with Crippen LogP contribution in [0.5, 0.6) is 0 Å². The zero-order valence-electron chi connectivity index (χ0n) is 17.4. The van der Waals surface area contributed by atoms with Crippen molar-refractivity contribution in [3.63, 3.8) is 0 Å². The number of carbonyl (C=O) groups excluding carboxylic acids is 1. The first-order valence-electron chi connectivity index (χ1n) is 10.7. The molecule has 5 rings (SSSR count). The highest BCUT2D eigenvalue weighted by atomic mass is 19.1. The molecule has 31 heavy (non-hydrogen) atoms. The molecule has 3 fully saturated rings. The minimum atomic E-state index is -0.691. The molecule has 7 nitrogen and oxygen atoms in total. The molecule has 160 valence electrons. The number of fused-ring (bicyclic) bond motifs is 2.